The normalized spacial score (nSPS) is 32.9. The highest BCUT2D eigenvalue weighted by atomic mass is 16.7. The van der Waals surface area contributed by atoms with Crippen molar-refractivity contribution in [1.29, 1.82) is 0 Å². The zero-order valence-electron chi connectivity index (χ0n) is 11.7. The summed E-state index contributed by atoms with van der Waals surface area (Å²) in [5.74, 6) is 0. The molecule has 1 aliphatic rings. The van der Waals surface area contributed by atoms with E-state index in [2.05, 4.69) is 33.4 Å². The Labute approximate surface area is 106 Å². The van der Waals surface area contributed by atoms with E-state index in [1.54, 1.807) is 0 Å². The minimum atomic E-state index is -0.0218. The van der Waals surface area contributed by atoms with Crippen molar-refractivity contribution < 1.29 is 9.47 Å². The molecule has 0 aromatic heterocycles. The topological polar surface area (TPSA) is 18.5 Å². The molecule has 1 rings (SSSR count). The van der Waals surface area contributed by atoms with Gasteiger partial charge in [-0.25, -0.2) is 0 Å². The molecular formula is C15H28O2. The van der Waals surface area contributed by atoms with Crippen LogP contribution >= 0.6 is 0 Å². The second kappa shape index (κ2) is 7.17. The van der Waals surface area contributed by atoms with Gasteiger partial charge in [0, 0.05) is 18.4 Å². The monoisotopic (exact) mass is 240 g/mol. The average Bonchev–Trinajstić information content (AvgIpc) is 2.65. The van der Waals surface area contributed by atoms with Crippen molar-refractivity contribution in [3.63, 3.8) is 0 Å². The van der Waals surface area contributed by atoms with E-state index in [4.69, 9.17) is 9.47 Å². The Hall–Kier alpha value is -0.340. The molecule has 1 aliphatic heterocycles. The Bertz CT molecular complexity index is 227. The number of unbranched alkanes of at least 4 members (excludes halogenated alkanes) is 2. The zero-order valence-corrected chi connectivity index (χ0v) is 11.7. The first-order valence-corrected chi connectivity index (χ1v) is 7.07. The lowest BCUT2D eigenvalue weighted by Crippen LogP contribution is -2.25. The van der Waals surface area contributed by atoms with Crippen molar-refractivity contribution in [1.82, 2.24) is 0 Å². The van der Waals surface area contributed by atoms with Gasteiger partial charge in [0.15, 0.2) is 6.29 Å². The molecule has 0 amide bonds. The molecule has 100 valence electrons. The summed E-state index contributed by atoms with van der Waals surface area (Å²) in [5, 5.41) is 0. The van der Waals surface area contributed by atoms with Crippen LogP contribution in [0.1, 0.15) is 59.3 Å². The van der Waals surface area contributed by atoms with Gasteiger partial charge in [-0.1, -0.05) is 46.1 Å². The van der Waals surface area contributed by atoms with Gasteiger partial charge in [-0.05, 0) is 12.8 Å². The van der Waals surface area contributed by atoms with Crippen molar-refractivity contribution in [2.75, 3.05) is 6.61 Å². The molecule has 1 heterocycles. The molecule has 0 aromatic carbocycles. The molecule has 1 fully saturated rings. The van der Waals surface area contributed by atoms with E-state index >= 15 is 0 Å². The summed E-state index contributed by atoms with van der Waals surface area (Å²) in [5.41, 5.74) is 0.0893. The third-order valence-corrected chi connectivity index (χ3v) is 3.75. The van der Waals surface area contributed by atoms with Crippen LogP contribution in [-0.4, -0.2) is 19.0 Å². The minimum absolute atomic E-state index is 0.0218. The molecule has 0 aliphatic carbocycles. The van der Waals surface area contributed by atoms with Gasteiger partial charge in [-0.15, -0.1) is 6.58 Å². The Morgan fingerprint density at radius 3 is 2.65 bits per heavy atom. The van der Waals surface area contributed by atoms with Crippen LogP contribution in [0.3, 0.4) is 0 Å². The van der Waals surface area contributed by atoms with E-state index in [1.165, 1.54) is 19.3 Å². The molecule has 0 N–H and O–H groups in total. The van der Waals surface area contributed by atoms with E-state index in [0.29, 0.717) is 0 Å². The van der Waals surface area contributed by atoms with Gasteiger partial charge in [0.1, 0.15) is 0 Å². The molecular weight excluding hydrogens is 212 g/mol. The molecule has 0 saturated carbocycles. The lowest BCUT2D eigenvalue weighted by atomic mass is 9.81. The van der Waals surface area contributed by atoms with Crippen molar-refractivity contribution >= 4 is 0 Å². The molecule has 3 atom stereocenters. The Balaban J connectivity index is 2.44. The average molecular weight is 240 g/mol. The fourth-order valence-corrected chi connectivity index (χ4v) is 2.34. The molecule has 0 bridgehead atoms. The largest absolute Gasteiger partial charge is 0.353 e. The Kier molecular flexibility index (Phi) is 6.21. The van der Waals surface area contributed by atoms with Crippen LogP contribution < -0.4 is 0 Å². The quantitative estimate of drug-likeness (QED) is 0.465. The van der Waals surface area contributed by atoms with Gasteiger partial charge in [0.2, 0.25) is 0 Å². The highest BCUT2D eigenvalue weighted by molar-refractivity contribution is 5.01. The van der Waals surface area contributed by atoms with Crippen LogP contribution in [-0.2, 0) is 9.47 Å². The van der Waals surface area contributed by atoms with Gasteiger partial charge in [-0.3, -0.25) is 0 Å². The maximum absolute atomic E-state index is 6.02. The summed E-state index contributed by atoms with van der Waals surface area (Å²) in [6.45, 7) is 11.4. The van der Waals surface area contributed by atoms with Crippen LogP contribution in [0, 0.1) is 5.41 Å². The maximum Gasteiger partial charge on any atom is 0.158 e. The predicted octanol–water partition coefficient (Wildman–Crippen LogP) is 4.30. The Morgan fingerprint density at radius 1 is 1.35 bits per heavy atom. The number of hydrogen-bond donors (Lipinski definition) is 0. The van der Waals surface area contributed by atoms with Crippen molar-refractivity contribution in [3.05, 3.63) is 12.7 Å². The van der Waals surface area contributed by atoms with Crippen LogP contribution in [0.25, 0.3) is 0 Å². The van der Waals surface area contributed by atoms with Gasteiger partial charge in [0.25, 0.3) is 0 Å². The summed E-state index contributed by atoms with van der Waals surface area (Å²) < 4.78 is 11.8. The van der Waals surface area contributed by atoms with E-state index < -0.39 is 0 Å². The summed E-state index contributed by atoms with van der Waals surface area (Å²) >= 11 is 0. The molecule has 1 unspecified atom stereocenters. The standard InChI is InChI=1S/C15H28O2/c1-5-8-10-13-15(4,7-3)12-14(17-13)16-11-9-6-2/h7,13-14H,3,5-6,8-12H2,1-2,4H3/t13-,14?,15+/m1/s1. The fourth-order valence-electron chi connectivity index (χ4n) is 2.34. The number of ether oxygens (including phenoxy) is 2. The van der Waals surface area contributed by atoms with Crippen molar-refractivity contribution in [3.8, 4) is 0 Å². The van der Waals surface area contributed by atoms with Crippen molar-refractivity contribution in [2.45, 2.75) is 71.7 Å². The highest BCUT2D eigenvalue weighted by Crippen LogP contribution is 2.42. The van der Waals surface area contributed by atoms with Crippen molar-refractivity contribution in [2.24, 2.45) is 5.41 Å². The van der Waals surface area contributed by atoms with Crippen LogP contribution in [0.5, 0.6) is 0 Å². The van der Waals surface area contributed by atoms with Crippen LogP contribution in [0.4, 0.5) is 0 Å². The first kappa shape index (κ1) is 14.7. The maximum atomic E-state index is 6.02. The van der Waals surface area contributed by atoms with E-state index in [1.807, 2.05) is 0 Å². The second-order valence-electron chi connectivity index (χ2n) is 5.33. The number of hydrogen-bond acceptors (Lipinski definition) is 2. The second-order valence-corrected chi connectivity index (χ2v) is 5.33. The molecule has 1 saturated heterocycles. The third-order valence-electron chi connectivity index (χ3n) is 3.75. The SMILES string of the molecule is C=C[C@@]1(C)CC(OCCCC)O[C@@H]1CCCC. The summed E-state index contributed by atoms with van der Waals surface area (Å²) in [6, 6.07) is 0. The first-order valence-electron chi connectivity index (χ1n) is 7.07. The van der Waals surface area contributed by atoms with Gasteiger partial charge in [-0.2, -0.15) is 0 Å². The minimum Gasteiger partial charge on any atom is -0.353 e. The molecule has 2 heteroatoms. The van der Waals surface area contributed by atoms with Gasteiger partial charge >= 0.3 is 0 Å². The fraction of sp³-hybridized carbons (Fsp3) is 0.867. The summed E-state index contributed by atoms with van der Waals surface area (Å²) in [4.78, 5) is 0. The summed E-state index contributed by atoms with van der Waals surface area (Å²) in [7, 11) is 0. The molecule has 0 spiro atoms. The van der Waals surface area contributed by atoms with E-state index in [-0.39, 0.29) is 17.8 Å². The van der Waals surface area contributed by atoms with E-state index in [0.717, 1.165) is 25.9 Å². The van der Waals surface area contributed by atoms with Gasteiger partial charge in [0.05, 0.1) is 6.10 Å². The van der Waals surface area contributed by atoms with Gasteiger partial charge < -0.3 is 9.47 Å². The van der Waals surface area contributed by atoms with E-state index in [9.17, 15) is 0 Å². The molecule has 17 heavy (non-hydrogen) atoms. The predicted molar refractivity (Wildman–Crippen MR) is 72.0 cm³/mol. The molecule has 0 radical (unpaired) electrons. The lowest BCUT2D eigenvalue weighted by Gasteiger charge is -2.25. The Morgan fingerprint density at radius 2 is 2.06 bits per heavy atom. The lowest BCUT2D eigenvalue weighted by molar-refractivity contribution is -0.136. The molecule has 0 aromatic rings. The smallest absolute Gasteiger partial charge is 0.158 e. The van der Waals surface area contributed by atoms with Crippen LogP contribution in [0.2, 0.25) is 0 Å². The van der Waals surface area contributed by atoms with Crippen LogP contribution in [0.15, 0.2) is 12.7 Å². The summed E-state index contributed by atoms with van der Waals surface area (Å²) in [6.07, 6.45) is 9.11. The molecule has 2 nitrogen and oxygen atoms in total. The number of rotatable bonds is 8. The zero-order chi connectivity index (χ0) is 12.7. The third kappa shape index (κ3) is 4.11. The highest BCUT2D eigenvalue weighted by Gasteiger charge is 2.42. The first-order chi connectivity index (χ1) is 8.16.